The minimum atomic E-state index is -4.41. The Balaban J connectivity index is 1.42. The first-order valence-corrected chi connectivity index (χ1v) is 10.5. The molecule has 0 fully saturated rings. The summed E-state index contributed by atoms with van der Waals surface area (Å²) in [7, 11) is 0. The molecule has 0 atom stereocenters. The number of anilines is 2. The monoisotopic (exact) mass is 461 g/mol. The fraction of sp³-hybridized carbons (Fsp3) is 0.227. The van der Waals surface area contributed by atoms with E-state index in [2.05, 4.69) is 10.3 Å². The molecule has 3 aromatic rings. The highest BCUT2D eigenvalue weighted by molar-refractivity contribution is 7.15. The summed E-state index contributed by atoms with van der Waals surface area (Å²) in [5, 5.41) is 2.97. The Morgan fingerprint density at radius 3 is 2.81 bits per heavy atom. The van der Waals surface area contributed by atoms with Gasteiger partial charge in [0.25, 0.3) is 0 Å². The van der Waals surface area contributed by atoms with Gasteiger partial charge in [-0.2, -0.15) is 13.2 Å². The number of carbonyl (C=O) groups is 2. The Morgan fingerprint density at radius 2 is 2.00 bits per heavy atom. The van der Waals surface area contributed by atoms with Crippen LogP contribution >= 0.6 is 11.3 Å². The van der Waals surface area contributed by atoms with Crippen molar-refractivity contribution < 1.29 is 27.5 Å². The van der Waals surface area contributed by atoms with Crippen LogP contribution in [0.2, 0.25) is 0 Å². The molecule has 0 aliphatic carbocycles. The fourth-order valence-electron chi connectivity index (χ4n) is 3.30. The maximum absolute atomic E-state index is 12.9. The number of nitrogens with zero attached hydrogens (tertiary/aromatic N) is 2. The lowest BCUT2D eigenvalue weighted by molar-refractivity contribution is -0.137. The molecule has 0 spiro atoms. The second-order valence-corrected chi connectivity index (χ2v) is 8.22. The third-order valence-electron chi connectivity index (χ3n) is 4.76. The smallest absolute Gasteiger partial charge is 0.416 e. The predicted molar refractivity (Wildman–Crippen MR) is 114 cm³/mol. The van der Waals surface area contributed by atoms with Crippen molar-refractivity contribution in [3.63, 3.8) is 0 Å². The fourth-order valence-corrected chi connectivity index (χ4v) is 4.16. The van der Waals surface area contributed by atoms with Crippen molar-refractivity contribution in [3.05, 3.63) is 70.7 Å². The van der Waals surface area contributed by atoms with E-state index in [9.17, 15) is 22.8 Å². The normalized spacial score (nSPS) is 13.8. The summed E-state index contributed by atoms with van der Waals surface area (Å²) in [6.45, 7) is 0.0289. The molecular formula is C22H18F3N3O3S. The van der Waals surface area contributed by atoms with Gasteiger partial charge in [-0.25, -0.2) is 4.98 Å². The Bertz CT molecular complexity index is 1150. The maximum atomic E-state index is 12.9. The van der Waals surface area contributed by atoms with Crippen LogP contribution in [-0.2, 0) is 22.2 Å². The van der Waals surface area contributed by atoms with Crippen molar-refractivity contribution in [2.75, 3.05) is 23.4 Å². The molecule has 166 valence electrons. The van der Waals surface area contributed by atoms with Crippen LogP contribution in [0.15, 0.2) is 54.7 Å². The van der Waals surface area contributed by atoms with Crippen LogP contribution in [-0.4, -0.2) is 29.9 Å². The van der Waals surface area contributed by atoms with Gasteiger partial charge in [0.1, 0.15) is 12.3 Å². The SMILES string of the molecule is O=C(CN1C(=O)CCOc2ccccc21)Nc1ncc(Cc2cccc(C(F)(F)F)c2)s1. The highest BCUT2D eigenvalue weighted by Crippen LogP contribution is 2.32. The molecule has 1 aliphatic heterocycles. The number of thiazole rings is 1. The largest absolute Gasteiger partial charge is 0.491 e. The zero-order valence-electron chi connectivity index (χ0n) is 16.7. The molecule has 1 aromatic heterocycles. The average Bonchev–Trinajstić information content (AvgIpc) is 3.11. The molecule has 2 heterocycles. The molecule has 0 saturated heterocycles. The topological polar surface area (TPSA) is 71.5 Å². The predicted octanol–water partition coefficient (Wildman–Crippen LogP) is 4.51. The number of benzene rings is 2. The summed E-state index contributed by atoms with van der Waals surface area (Å²) in [5.41, 5.74) is 0.307. The standard InChI is InChI=1S/C22H18F3N3O3S/c23-22(24,25)15-5-3-4-14(10-15)11-16-12-26-21(32-16)27-19(29)13-28-17-6-1-2-7-18(17)31-9-8-20(28)30/h1-7,10,12H,8-9,11,13H2,(H,26,27,29). The van der Waals surface area contributed by atoms with E-state index in [-0.39, 0.29) is 31.9 Å². The molecule has 6 nitrogen and oxygen atoms in total. The number of hydrogen-bond acceptors (Lipinski definition) is 5. The van der Waals surface area contributed by atoms with Crippen LogP contribution in [0, 0.1) is 0 Å². The first-order chi connectivity index (χ1) is 15.3. The van der Waals surface area contributed by atoms with Crippen molar-refractivity contribution >= 4 is 34.0 Å². The molecular weight excluding hydrogens is 443 g/mol. The van der Waals surface area contributed by atoms with E-state index in [1.54, 1.807) is 30.3 Å². The average molecular weight is 461 g/mol. The molecule has 0 saturated carbocycles. The van der Waals surface area contributed by atoms with Crippen molar-refractivity contribution in [2.45, 2.75) is 19.0 Å². The number of ether oxygens (including phenoxy) is 1. The molecule has 2 aromatic carbocycles. The number of para-hydroxylation sites is 2. The molecule has 2 amide bonds. The van der Waals surface area contributed by atoms with Crippen LogP contribution in [0.4, 0.5) is 24.0 Å². The number of halogens is 3. The highest BCUT2D eigenvalue weighted by Gasteiger charge is 2.30. The van der Waals surface area contributed by atoms with E-state index in [0.717, 1.165) is 12.1 Å². The zero-order valence-corrected chi connectivity index (χ0v) is 17.5. The second-order valence-electron chi connectivity index (χ2n) is 7.10. The van der Waals surface area contributed by atoms with Gasteiger partial charge in [0.2, 0.25) is 11.8 Å². The van der Waals surface area contributed by atoms with Gasteiger partial charge in [0.15, 0.2) is 5.13 Å². The Labute approximate surface area is 185 Å². The summed E-state index contributed by atoms with van der Waals surface area (Å²) < 4.78 is 44.3. The first kappa shape index (κ1) is 21.8. The summed E-state index contributed by atoms with van der Waals surface area (Å²) in [6.07, 6.45) is -2.48. The summed E-state index contributed by atoms with van der Waals surface area (Å²) in [4.78, 5) is 31.2. The zero-order chi connectivity index (χ0) is 22.7. The third kappa shape index (κ3) is 5.08. The van der Waals surface area contributed by atoms with Crippen LogP contribution in [0.1, 0.15) is 22.4 Å². The van der Waals surface area contributed by atoms with Gasteiger partial charge < -0.3 is 10.1 Å². The highest BCUT2D eigenvalue weighted by atomic mass is 32.1. The van der Waals surface area contributed by atoms with E-state index in [1.807, 2.05) is 0 Å². The number of alkyl halides is 3. The van der Waals surface area contributed by atoms with Crippen LogP contribution in [0.3, 0.4) is 0 Å². The lowest BCUT2D eigenvalue weighted by atomic mass is 10.1. The number of fused-ring (bicyclic) bond motifs is 1. The Morgan fingerprint density at radius 1 is 1.19 bits per heavy atom. The molecule has 0 radical (unpaired) electrons. The van der Waals surface area contributed by atoms with Crippen molar-refractivity contribution in [1.82, 2.24) is 4.98 Å². The van der Waals surface area contributed by atoms with Gasteiger partial charge in [-0.1, -0.05) is 30.3 Å². The number of nitrogens with one attached hydrogen (secondary N) is 1. The molecule has 1 aliphatic rings. The number of hydrogen-bond donors (Lipinski definition) is 1. The molecule has 10 heteroatoms. The molecule has 4 rings (SSSR count). The van der Waals surface area contributed by atoms with Crippen molar-refractivity contribution in [2.24, 2.45) is 0 Å². The number of carbonyl (C=O) groups excluding carboxylic acids is 2. The molecule has 32 heavy (non-hydrogen) atoms. The van der Waals surface area contributed by atoms with Crippen LogP contribution < -0.4 is 15.0 Å². The minimum absolute atomic E-state index is 0.153. The van der Waals surface area contributed by atoms with E-state index in [1.165, 1.54) is 28.5 Å². The van der Waals surface area contributed by atoms with Gasteiger partial charge in [-0.05, 0) is 23.8 Å². The van der Waals surface area contributed by atoms with Crippen molar-refractivity contribution in [1.29, 1.82) is 0 Å². The van der Waals surface area contributed by atoms with Gasteiger partial charge in [0, 0.05) is 17.5 Å². The van der Waals surface area contributed by atoms with Gasteiger partial charge in [0.05, 0.1) is 24.3 Å². The third-order valence-corrected chi connectivity index (χ3v) is 5.68. The van der Waals surface area contributed by atoms with E-state index >= 15 is 0 Å². The number of rotatable bonds is 5. The van der Waals surface area contributed by atoms with Crippen molar-refractivity contribution in [3.8, 4) is 5.75 Å². The lowest BCUT2D eigenvalue weighted by Crippen LogP contribution is -2.37. The molecule has 0 bridgehead atoms. The quantitative estimate of drug-likeness (QED) is 0.607. The lowest BCUT2D eigenvalue weighted by Gasteiger charge is -2.20. The van der Waals surface area contributed by atoms with Crippen LogP contribution in [0.25, 0.3) is 0 Å². The van der Waals surface area contributed by atoms with Gasteiger partial charge in [-0.15, -0.1) is 11.3 Å². The second kappa shape index (κ2) is 8.99. The Kier molecular flexibility index (Phi) is 6.13. The number of aromatic nitrogens is 1. The summed E-state index contributed by atoms with van der Waals surface area (Å²) in [5.74, 6) is -0.131. The first-order valence-electron chi connectivity index (χ1n) is 9.72. The van der Waals surface area contributed by atoms with Gasteiger partial charge >= 0.3 is 6.18 Å². The maximum Gasteiger partial charge on any atom is 0.416 e. The van der Waals surface area contributed by atoms with E-state index in [4.69, 9.17) is 4.74 Å². The number of amides is 2. The Hall–Kier alpha value is -3.40. The summed E-state index contributed by atoms with van der Waals surface area (Å²) in [6, 6.07) is 12.1. The summed E-state index contributed by atoms with van der Waals surface area (Å²) >= 11 is 1.17. The molecule has 0 unspecified atom stereocenters. The van der Waals surface area contributed by atoms with Crippen LogP contribution in [0.5, 0.6) is 5.75 Å². The minimum Gasteiger partial charge on any atom is -0.491 e. The molecule has 1 N–H and O–H groups in total. The van der Waals surface area contributed by atoms with E-state index in [0.29, 0.717) is 27.0 Å². The van der Waals surface area contributed by atoms with E-state index < -0.39 is 17.6 Å². The van der Waals surface area contributed by atoms with Gasteiger partial charge in [-0.3, -0.25) is 14.5 Å².